The largest absolute Gasteiger partial charge is 0.244 e. The van der Waals surface area contributed by atoms with Crippen molar-refractivity contribution in [2.75, 3.05) is 0 Å². The quantitative estimate of drug-likeness (QED) is 0.179. The van der Waals surface area contributed by atoms with Gasteiger partial charge in [-0.3, -0.25) is 0 Å². The maximum absolute atomic E-state index is 5.45. The molecule has 0 aliphatic heterocycles. The fourth-order valence-electron chi connectivity index (χ4n) is 7.40. The summed E-state index contributed by atoms with van der Waals surface area (Å²) < 4.78 is 2.62. The Bertz CT molecular complexity index is 2890. The minimum Gasteiger partial charge on any atom is -0.244 e. The van der Waals surface area contributed by atoms with E-state index < -0.39 is 0 Å². The molecule has 0 aliphatic carbocycles. The van der Waals surface area contributed by atoms with Crippen molar-refractivity contribution in [1.29, 1.82) is 0 Å². The molecule has 2 nitrogen and oxygen atoms in total. The maximum atomic E-state index is 5.45. The van der Waals surface area contributed by atoms with E-state index in [-0.39, 0.29) is 0 Å². The summed E-state index contributed by atoms with van der Waals surface area (Å²) in [5.74, 6) is 0. The number of thiophene rings is 1. The van der Waals surface area contributed by atoms with E-state index in [1.807, 2.05) is 17.4 Å². The Morgan fingerprint density at radius 2 is 1.02 bits per heavy atom. The SMILES string of the molecule is c1ccc(-c2nc3c(ccc4c(-c5ccccc5-c5cccc6sc7ccccc7c56)cccc43)nc2-c2ccc3ccccc3c2)cc1. The molecule has 0 spiro atoms. The summed E-state index contributed by atoms with van der Waals surface area (Å²) in [6, 6.07) is 60.7. The number of rotatable bonds is 4. The first-order chi connectivity index (χ1) is 24.3. The Hall–Kier alpha value is -6.16. The van der Waals surface area contributed by atoms with Gasteiger partial charge in [0.15, 0.2) is 0 Å². The summed E-state index contributed by atoms with van der Waals surface area (Å²) in [6.07, 6.45) is 0. The van der Waals surface area contributed by atoms with E-state index in [2.05, 4.69) is 164 Å². The average molecular weight is 641 g/mol. The molecule has 0 N–H and O–H groups in total. The van der Waals surface area contributed by atoms with Gasteiger partial charge < -0.3 is 0 Å². The average Bonchev–Trinajstić information content (AvgIpc) is 3.56. The third-order valence-corrected chi connectivity index (χ3v) is 10.8. The second kappa shape index (κ2) is 11.2. The standard InChI is InChI=1S/C46H28N2S/c1-2-13-30(14-3-1)44-45(32-25-24-29-12-4-5-15-31(29)28-32)47-40-27-26-36-34(19-10-21-38(36)46(40)48-44)33-16-6-7-17-35(33)37-20-11-23-42-43(37)39-18-8-9-22-41(39)49-42/h1-28H. The van der Waals surface area contributed by atoms with Gasteiger partial charge >= 0.3 is 0 Å². The first-order valence-corrected chi connectivity index (χ1v) is 17.4. The van der Waals surface area contributed by atoms with Crippen LogP contribution < -0.4 is 0 Å². The lowest BCUT2D eigenvalue weighted by Crippen LogP contribution is -1.97. The molecule has 0 atom stereocenters. The van der Waals surface area contributed by atoms with Crippen LogP contribution in [0.2, 0.25) is 0 Å². The third-order valence-electron chi connectivity index (χ3n) is 9.67. The van der Waals surface area contributed by atoms with Gasteiger partial charge in [-0.15, -0.1) is 11.3 Å². The summed E-state index contributed by atoms with van der Waals surface area (Å²) in [7, 11) is 0. The van der Waals surface area contributed by atoms with Gasteiger partial charge in [0.2, 0.25) is 0 Å². The van der Waals surface area contributed by atoms with E-state index in [1.165, 1.54) is 53.2 Å². The van der Waals surface area contributed by atoms with E-state index in [0.717, 1.165) is 44.3 Å². The van der Waals surface area contributed by atoms with Crippen molar-refractivity contribution < 1.29 is 0 Å². The second-order valence-electron chi connectivity index (χ2n) is 12.5. The van der Waals surface area contributed by atoms with Crippen molar-refractivity contribution in [3.63, 3.8) is 0 Å². The van der Waals surface area contributed by atoms with Crippen LogP contribution in [0.1, 0.15) is 0 Å². The highest BCUT2D eigenvalue weighted by atomic mass is 32.1. The Kier molecular flexibility index (Phi) is 6.39. The normalized spacial score (nSPS) is 11.7. The number of nitrogens with zero attached hydrogens (tertiary/aromatic N) is 2. The molecule has 0 saturated heterocycles. The van der Waals surface area contributed by atoms with Gasteiger partial charge in [0, 0.05) is 36.7 Å². The summed E-state index contributed by atoms with van der Waals surface area (Å²) in [5.41, 5.74) is 10.6. The van der Waals surface area contributed by atoms with Crippen molar-refractivity contribution in [2.45, 2.75) is 0 Å². The topological polar surface area (TPSA) is 25.8 Å². The minimum atomic E-state index is 0.885. The number of aromatic nitrogens is 2. The van der Waals surface area contributed by atoms with Gasteiger partial charge in [0.1, 0.15) is 0 Å². The number of benzene rings is 8. The van der Waals surface area contributed by atoms with Crippen LogP contribution in [-0.4, -0.2) is 9.97 Å². The molecule has 8 aromatic carbocycles. The molecule has 2 heterocycles. The smallest absolute Gasteiger partial charge is 0.0973 e. The number of hydrogen-bond acceptors (Lipinski definition) is 3. The zero-order chi connectivity index (χ0) is 32.3. The molecule has 228 valence electrons. The Morgan fingerprint density at radius 3 is 1.92 bits per heavy atom. The molecule has 0 amide bonds. The van der Waals surface area contributed by atoms with Gasteiger partial charge in [0.25, 0.3) is 0 Å². The van der Waals surface area contributed by atoms with Crippen LogP contribution in [0, 0.1) is 0 Å². The van der Waals surface area contributed by atoms with Crippen LogP contribution in [0.15, 0.2) is 170 Å². The van der Waals surface area contributed by atoms with Crippen molar-refractivity contribution in [1.82, 2.24) is 9.97 Å². The Labute approximate surface area is 287 Å². The Balaban J connectivity index is 1.21. The fourth-order valence-corrected chi connectivity index (χ4v) is 8.53. The van der Waals surface area contributed by atoms with Gasteiger partial charge in [0.05, 0.1) is 22.4 Å². The van der Waals surface area contributed by atoms with Crippen LogP contribution in [-0.2, 0) is 0 Å². The zero-order valence-corrected chi connectivity index (χ0v) is 27.3. The molecule has 0 bridgehead atoms. The molecule has 0 unspecified atom stereocenters. The first-order valence-electron chi connectivity index (χ1n) is 16.6. The maximum Gasteiger partial charge on any atom is 0.0973 e. The zero-order valence-electron chi connectivity index (χ0n) is 26.5. The minimum absolute atomic E-state index is 0.885. The second-order valence-corrected chi connectivity index (χ2v) is 13.6. The molecule has 10 rings (SSSR count). The first kappa shape index (κ1) is 27.9. The molecular formula is C46H28N2S. The predicted molar refractivity (Wildman–Crippen MR) is 209 cm³/mol. The van der Waals surface area contributed by atoms with Crippen LogP contribution in [0.4, 0.5) is 0 Å². The van der Waals surface area contributed by atoms with Crippen molar-refractivity contribution >= 4 is 64.1 Å². The molecular weight excluding hydrogens is 613 g/mol. The van der Waals surface area contributed by atoms with Crippen LogP contribution in [0.3, 0.4) is 0 Å². The molecule has 0 radical (unpaired) electrons. The van der Waals surface area contributed by atoms with E-state index in [1.54, 1.807) is 0 Å². The summed E-state index contributed by atoms with van der Waals surface area (Å²) in [4.78, 5) is 10.8. The van der Waals surface area contributed by atoms with Crippen molar-refractivity contribution in [3.8, 4) is 44.8 Å². The van der Waals surface area contributed by atoms with E-state index in [0.29, 0.717) is 0 Å². The summed E-state index contributed by atoms with van der Waals surface area (Å²) in [5, 5.41) is 7.29. The van der Waals surface area contributed by atoms with E-state index >= 15 is 0 Å². The number of fused-ring (bicyclic) bond motifs is 7. The molecule has 49 heavy (non-hydrogen) atoms. The third kappa shape index (κ3) is 4.55. The van der Waals surface area contributed by atoms with Crippen molar-refractivity contribution in [2.24, 2.45) is 0 Å². The summed E-state index contributed by atoms with van der Waals surface area (Å²) in [6.45, 7) is 0. The molecule has 0 aliphatic rings. The lowest BCUT2D eigenvalue weighted by atomic mass is 9.89. The molecule has 3 heteroatoms. The monoisotopic (exact) mass is 640 g/mol. The molecule has 0 saturated carbocycles. The fraction of sp³-hybridized carbons (Fsp3) is 0. The lowest BCUT2D eigenvalue weighted by molar-refractivity contribution is 1.30. The lowest BCUT2D eigenvalue weighted by Gasteiger charge is -2.16. The van der Waals surface area contributed by atoms with Crippen molar-refractivity contribution in [3.05, 3.63) is 170 Å². The van der Waals surface area contributed by atoms with Crippen LogP contribution in [0.5, 0.6) is 0 Å². The van der Waals surface area contributed by atoms with Gasteiger partial charge in [-0.05, 0) is 62.7 Å². The molecule has 0 fully saturated rings. The van der Waals surface area contributed by atoms with Gasteiger partial charge in [-0.2, -0.15) is 0 Å². The molecule has 2 aromatic heterocycles. The van der Waals surface area contributed by atoms with Crippen LogP contribution in [0.25, 0.3) is 97.5 Å². The van der Waals surface area contributed by atoms with Gasteiger partial charge in [-0.25, -0.2) is 9.97 Å². The van der Waals surface area contributed by atoms with Gasteiger partial charge in [-0.1, -0.05) is 146 Å². The highest BCUT2D eigenvalue weighted by Gasteiger charge is 2.19. The highest BCUT2D eigenvalue weighted by molar-refractivity contribution is 7.25. The summed E-state index contributed by atoms with van der Waals surface area (Å²) >= 11 is 1.86. The predicted octanol–water partition coefficient (Wildman–Crippen LogP) is 13.0. The molecule has 10 aromatic rings. The Morgan fingerprint density at radius 1 is 0.367 bits per heavy atom. The number of hydrogen-bond donors (Lipinski definition) is 0. The van der Waals surface area contributed by atoms with E-state index in [9.17, 15) is 0 Å². The highest BCUT2D eigenvalue weighted by Crippen LogP contribution is 2.44. The van der Waals surface area contributed by atoms with E-state index in [4.69, 9.17) is 9.97 Å². The van der Waals surface area contributed by atoms with Crippen LogP contribution >= 0.6 is 11.3 Å².